The molecule has 1 saturated heterocycles. The smallest absolute Gasteiger partial charge is 0.137 e. The lowest BCUT2D eigenvalue weighted by Gasteiger charge is -2.35. The Morgan fingerprint density at radius 1 is 1.15 bits per heavy atom. The monoisotopic (exact) mass is 374 g/mol. The summed E-state index contributed by atoms with van der Waals surface area (Å²) in [5.41, 5.74) is 3.67. The van der Waals surface area contributed by atoms with Crippen LogP contribution in [0.2, 0.25) is 0 Å². The van der Waals surface area contributed by atoms with E-state index in [2.05, 4.69) is 39.7 Å². The Bertz CT molecular complexity index is 720. The molecule has 0 aliphatic carbocycles. The molecular formula is C21H34N4O2. The first-order chi connectivity index (χ1) is 12.9. The highest BCUT2D eigenvalue weighted by atomic mass is 16.5. The molecule has 0 amide bonds. The Morgan fingerprint density at radius 3 is 2.52 bits per heavy atom. The summed E-state index contributed by atoms with van der Waals surface area (Å²) >= 11 is 0. The Kier molecular flexibility index (Phi) is 6.87. The van der Waals surface area contributed by atoms with Crippen LogP contribution in [0.4, 0.5) is 0 Å². The van der Waals surface area contributed by atoms with Crippen molar-refractivity contribution in [3.05, 3.63) is 29.6 Å². The molecule has 3 heterocycles. The van der Waals surface area contributed by atoms with Crippen LogP contribution in [0.15, 0.2) is 18.3 Å². The number of fused-ring (bicyclic) bond motifs is 1. The van der Waals surface area contributed by atoms with Gasteiger partial charge in [0.05, 0.1) is 18.8 Å². The van der Waals surface area contributed by atoms with Gasteiger partial charge in [-0.25, -0.2) is 4.98 Å². The maximum absolute atomic E-state index is 10.1. The molecule has 0 saturated carbocycles. The van der Waals surface area contributed by atoms with E-state index in [0.29, 0.717) is 19.1 Å². The van der Waals surface area contributed by atoms with Crippen molar-refractivity contribution in [2.45, 2.75) is 52.4 Å². The lowest BCUT2D eigenvalue weighted by molar-refractivity contribution is -0.0148. The normalized spacial score (nSPS) is 18.0. The number of nitrogens with one attached hydrogen (secondary N) is 1. The standard InChI is InChI=1S/C21H34N4O2/c1-15(2)20-19(18-6-5-7-22-21(18)23-20)13-25-10-8-24(9-11-25)12-17(26)14-27-16(3)4/h5-7,15-17,26H,8-14H2,1-4H3,(H,22,23)/t17-/m0/s1. The predicted octanol–water partition coefficient (Wildman–Crippen LogP) is 2.59. The number of rotatable bonds is 8. The molecule has 1 aliphatic rings. The van der Waals surface area contributed by atoms with E-state index in [1.165, 1.54) is 16.6 Å². The molecule has 150 valence electrons. The molecule has 6 heteroatoms. The van der Waals surface area contributed by atoms with E-state index in [1.807, 2.05) is 26.1 Å². The summed E-state index contributed by atoms with van der Waals surface area (Å²) < 4.78 is 5.52. The highest BCUT2D eigenvalue weighted by Crippen LogP contribution is 2.28. The fraction of sp³-hybridized carbons (Fsp3) is 0.667. The number of H-pyrrole nitrogens is 1. The lowest BCUT2D eigenvalue weighted by Crippen LogP contribution is -2.48. The lowest BCUT2D eigenvalue weighted by atomic mass is 10.0. The van der Waals surface area contributed by atoms with E-state index in [1.54, 1.807) is 0 Å². The van der Waals surface area contributed by atoms with Crippen molar-refractivity contribution in [1.82, 2.24) is 19.8 Å². The number of aliphatic hydroxyl groups excluding tert-OH is 1. The molecule has 2 N–H and O–H groups in total. The van der Waals surface area contributed by atoms with Gasteiger partial charge in [0.1, 0.15) is 5.65 Å². The minimum atomic E-state index is -0.411. The number of piperazine rings is 1. The Morgan fingerprint density at radius 2 is 1.85 bits per heavy atom. The van der Waals surface area contributed by atoms with Crippen molar-refractivity contribution in [2.24, 2.45) is 0 Å². The van der Waals surface area contributed by atoms with Crippen molar-refractivity contribution >= 4 is 11.0 Å². The number of aromatic nitrogens is 2. The van der Waals surface area contributed by atoms with Crippen LogP contribution in [-0.2, 0) is 11.3 Å². The summed E-state index contributed by atoms with van der Waals surface area (Å²) in [7, 11) is 0. The van der Waals surface area contributed by atoms with Gasteiger partial charge in [0.15, 0.2) is 0 Å². The second-order valence-corrected chi connectivity index (χ2v) is 8.18. The average Bonchev–Trinajstić information content (AvgIpc) is 3.01. The first-order valence-electron chi connectivity index (χ1n) is 10.1. The first-order valence-corrected chi connectivity index (χ1v) is 10.1. The summed E-state index contributed by atoms with van der Waals surface area (Å²) in [5, 5.41) is 11.4. The van der Waals surface area contributed by atoms with Gasteiger partial charge in [-0.3, -0.25) is 9.80 Å². The minimum Gasteiger partial charge on any atom is -0.389 e. The summed E-state index contributed by atoms with van der Waals surface area (Å²) in [6.07, 6.45) is 1.60. The molecule has 1 atom stereocenters. The maximum atomic E-state index is 10.1. The van der Waals surface area contributed by atoms with Crippen LogP contribution in [0.3, 0.4) is 0 Å². The highest BCUT2D eigenvalue weighted by molar-refractivity contribution is 5.81. The third-order valence-electron chi connectivity index (χ3n) is 5.23. The zero-order valence-electron chi connectivity index (χ0n) is 17.1. The molecule has 0 unspecified atom stereocenters. The van der Waals surface area contributed by atoms with Gasteiger partial charge in [0, 0.05) is 56.5 Å². The second-order valence-electron chi connectivity index (χ2n) is 8.18. The van der Waals surface area contributed by atoms with Gasteiger partial charge in [0.2, 0.25) is 0 Å². The summed E-state index contributed by atoms with van der Waals surface area (Å²) in [5.74, 6) is 0.451. The van der Waals surface area contributed by atoms with Crippen molar-refractivity contribution < 1.29 is 9.84 Å². The van der Waals surface area contributed by atoms with Gasteiger partial charge in [-0.1, -0.05) is 13.8 Å². The number of β-amino-alcohol motifs (C(OH)–C–C–N with tert-alkyl or cyclic N) is 1. The molecule has 3 rings (SSSR count). The Labute approximate surface area is 162 Å². The second kappa shape index (κ2) is 9.15. The van der Waals surface area contributed by atoms with E-state index in [-0.39, 0.29) is 6.10 Å². The summed E-state index contributed by atoms with van der Waals surface area (Å²) in [6, 6.07) is 4.18. The van der Waals surface area contributed by atoms with E-state index < -0.39 is 6.10 Å². The molecule has 0 aromatic carbocycles. The Hall–Kier alpha value is -1.47. The zero-order valence-corrected chi connectivity index (χ0v) is 17.1. The topological polar surface area (TPSA) is 64.6 Å². The first kappa shape index (κ1) is 20.3. The number of nitrogens with zero attached hydrogens (tertiary/aromatic N) is 3. The molecule has 0 bridgehead atoms. The molecule has 0 spiro atoms. The molecule has 6 nitrogen and oxygen atoms in total. The number of aliphatic hydroxyl groups is 1. The Balaban J connectivity index is 1.57. The number of aromatic amines is 1. The molecule has 2 aromatic heterocycles. The van der Waals surface area contributed by atoms with Crippen LogP contribution in [-0.4, -0.2) is 76.4 Å². The van der Waals surface area contributed by atoms with E-state index in [4.69, 9.17) is 4.74 Å². The van der Waals surface area contributed by atoms with E-state index in [0.717, 1.165) is 38.4 Å². The van der Waals surface area contributed by atoms with Crippen LogP contribution >= 0.6 is 0 Å². The quantitative estimate of drug-likeness (QED) is 0.744. The van der Waals surface area contributed by atoms with Gasteiger partial charge in [-0.05, 0) is 37.5 Å². The number of hydrogen-bond donors (Lipinski definition) is 2. The summed E-state index contributed by atoms with van der Waals surface area (Å²) in [4.78, 5) is 12.9. The molecule has 0 radical (unpaired) electrons. The molecule has 1 aliphatic heterocycles. The van der Waals surface area contributed by atoms with Crippen molar-refractivity contribution in [3.8, 4) is 0 Å². The van der Waals surface area contributed by atoms with Crippen LogP contribution in [0.1, 0.15) is 44.9 Å². The van der Waals surface area contributed by atoms with Gasteiger partial charge < -0.3 is 14.8 Å². The van der Waals surface area contributed by atoms with Crippen LogP contribution in [0.5, 0.6) is 0 Å². The van der Waals surface area contributed by atoms with Crippen molar-refractivity contribution in [1.29, 1.82) is 0 Å². The SMILES string of the molecule is CC(C)OC[C@@H](O)CN1CCN(Cc2c(C(C)C)[nH]c3ncccc23)CC1. The molecule has 27 heavy (non-hydrogen) atoms. The fourth-order valence-corrected chi connectivity index (χ4v) is 3.77. The minimum absolute atomic E-state index is 0.164. The van der Waals surface area contributed by atoms with Crippen molar-refractivity contribution in [3.63, 3.8) is 0 Å². The van der Waals surface area contributed by atoms with E-state index in [9.17, 15) is 5.11 Å². The third-order valence-corrected chi connectivity index (χ3v) is 5.23. The van der Waals surface area contributed by atoms with Gasteiger partial charge in [-0.15, -0.1) is 0 Å². The van der Waals surface area contributed by atoms with Gasteiger partial charge in [-0.2, -0.15) is 0 Å². The maximum Gasteiger partial charge on any atom is 0.137 e. The third kappa shape index (κ3) is 5.29. The summed E-state index contributed by atoms with van der Waals surface area (Å²) in [6.45, 7) is 14.5. The van der Waals surface area contributed by atoms with Crippen LogP contribution in [0, 0.1) is 0 Å². The predicted molar refractivity (Wildman–Crippen MR) is 109 cm³/mol. The molecule has 1 fully saturated rings. The fourth-order valence-electron chi connectivity index (χ4n) is 3.77. The zero-order chi connectivity index (χ0) is 19.4. The highest BCUT2D eigenvalue weighted by Gasteiger charge is 2.22. The number of hydrogen-bond acceptors (Lipinski definition) is 5. The largest absolute Gasteiger partial charge is 0.389 e. The van der Waals surface area contributed by atoms with Crippen LogP contribution < -0.4 is 0 Å². The number of ether oxygens (including phenoxy) is 1. The van der Waals surface area contributed by atoms with Crippen molar-refractivity contribution in [2.75, 3.05) is 39.3 Å². The van der Waals surface area contributed by atoms with Crippen LogP contribution in [0.25, 0.3) is 11.0 Å². The number of pyridine rings is 1. The molecule has 2 aromatic rings. The average molecular weight is 375 g/mol. The molecular weight excluding hydrogens is 340 g/mol. The van der Waals surface area contributed by atoms with E-state index >= 15 is 0 Å². The van der Waals surface area contributed by atoms with Gasteiger partial charge in [0.25, 0.3) is 0 Å². The van der Waals surface area contributed by atoms with Gasteiger partial charge >= 0.3 is 0 Å².